The first-order valence-corrected chi connectivity index (χ1v) is 10.1. The molecule has 8 nitrogen and oxygen atoms in total. The normalized spacial score (nSPS) is 15.2. The molecule has 0 aliphatic carbocycles. The van der Waals surface area contributed by atoms with E-state index in [-0.39, 0.29) is 23.8 Å². The summed E-state index contributed by atoms with van der Waals surface area (Å²) in [5.74, 6) is 1.76. The minimum Gasteiger partial charge on any atom is -0.346 e. The zero-order valence-corrected chi connectivity index (χ0v) is 17.2. The molecule has 0 fully saturated rings. The third kappa shape index (κ3) is 5.07. The lowest BCUT2D eigenvalue weighted by Crippen LogP contribution is -2.34. The van der Waals surface area contributed by atoms with Crippen LogP contribution in [0, 0.1) is 5.92 Å². The SMILES string of the molecule is CCC(=O)N[C@@H](c1nnc2n1CCN(C(=O)/C=C/c1ccncc1)CC2)C(C)C. The molecule has 0 aromatic carbocycles. The first-order chi connectivity index (χ1) is 14.0. The molecule has 29 heavy (non-hydrogen) atoms. The van der Waals surface area contributed by atoms with Crippen LogP contribution in [0.2, 0.25) is 0 Å². The van der Waals surface area contributed by atoms with Crippen LogP contribution in [0.25, 0.3) is 6.08 Å². The molecule has 0 radical (unpaired) electrons. The van der Waals surface area contributed by atoms with Crippen molar-refractivity contribution in [3.63, 3.8) is 0 Å². The van der Waals surface area contributed by atoms with Gasteiger partial charge in [0.15, 0.2) is 5.82 Å². The molecular weight excluding hydrogens is 368 g/mol. The van der Waals surface area contributed by atoms with Gasteiger partial charge in [-0.15, -0.1) is 10.2 Å². The van der Waals surface area contributed by atoms with E-state index in [1.807, 2.05) is 24.0 Å². The Kier molecular flexibility index (Phi) is 6.74. The fraction of sp³-hybridized carbons (Fsp3) is 0.476. The van der Waals surface area contributed by atoms with E-state index in [1.165, 1.54) is 0 Å². The van der Waals surface area contributed by atoms with E-state index >= 15 is 0 Å². The van der Waals surface area contributed by atoms with E-state index < -0.39 is 0 Å². The third-order valence-electron chi connectivity index (χ3n) is 5.07. The van der Waals surface area contributed by atoms with Crippen molar-refractivity contribution in [3.8, 4) is 0 Å². The van der Waals surface area contributed by atoms with Crippen molar-refractivity contribution < 1.29 is 9.59 Å². The summed E-state index contributed by atoms with van der Waals surface area (Å²) in [7, 11) is 0. The van der Waals surface area contributed by atoms with Crippen LogP contribution in [0.5, 0.6) is 0 Å². The lowest BCUT2D eigenvalue weighted by atomic mass is 10.0. The molecule has 0 spiro atoms. The monoisotopic (exact) mass is 396 g/mol. The van der Waals surface area contributed by atoms with E-state index in [1.54, 1.807) is 24.5 Å². The van der Waals surface area contributed by atoms with Crippen molar-refractivity contribution >= 4 is 17.9 Å². The van der Waals surface area contributed by atoms with Gasteiger partial charge in [-0.05, 0) is 29.7 Å². The van der Waals surface area contributed by atoms with E-state index in [0.717, 1.165) is 17.2 Å². The summed E-state index contributed by atoms with van der Waals surface area (Å²) >= 11 is 0. The molecule has 2 aromatic heterocycles. The molecule has 8 heteroatoms. The molecular formula is C21H28N6O2. The Labute approximate surface area is 171 Å². The molecule has 1 N–H and O–H groups in total. The van der Waals surface area contributed by atoms with Crippen LogP contribution in [0.4, 0.5) is 0 Å². The van der Waals surface area contributed by atoms with Crippen LogP contribution in [0.15, 0.2) is 30.6 Å². The minimum absolute atomic E-state index is 0.00674. The first-order valence-electron chi connectivity index (χ1n) is 10.1. The van der Waals surface area contributed by atoms with Gasteiger partial charge in [0, 0.05) is 50.9 Å². The van der Waals surface area contributed by atoms with Crippen LogP contribution < -0.4 is 5.32 Å². The number of fused-ring (bicyclic) bond motifs is 1. The molecule has 3 rings (SSSR count). The first kappa shape index (κ1) is 20.7. The van der Waals surface area contributed by atoms with Crippen LogP contribution in [-0.2, 0) is 22.6 Å². The van der Waals surface area contributed by atoms with E-state index in [4.69, 9.17) is 0 Å². The van der Waals surface area contributed by atoms with Gasteiger partial charge >= 0.3 is 0 Å². The van der Waals surface area contributed by atoms with Gasteiger partial charge in [0.25, 0.3) is 0 Å². The number of aromatic nitrogens is 4. The number of pyridine rings is 1. The van der Waals surface area contributed by atoms with Crippen molar-refractivity contribution in [1.29, 1.82) is 0 Å². The molecule has 0 unspecified atom stereocenters. The van der Waals surface area contributed by atoms with Crippen LogP contribution in [-0.4, -0.2) is 49.6 Å². The number of carbonyl (C=O) groups is 2. The van der Waals surface area contributed by atoms with Gasteiger partial charge in [0.2, 0.25) is 11.8 Å². The minimum atomic E-state index is -0.197. The van der Waals surface area contributed by atoms with Crippen molar-refractivity contribution in [2.45, 2.75) is 46.2 Å². The molecule has 0 bridgehead atoms. The van der Waals surface area contributed by atoms with Gasteiger partial charge in [0.1, 0.15) is 5.82 Å². The standard InChI is InChI=1S/C21H28N6O2/c1-4-18(28)23-20(15(2)3)21-25-24-17-9-12-26(13-14-27(17)21)19(29)6-5-16-7-10-22-11-8-16/h5-8,10-11,15,20H,4,9,12-14H2,1-3H3,(H,23,28)/b6-5+/t20-/m1/s1. The number of nitrogens with one attached hydrogen (secondary N) is 1. The van der Waals surface area contributed by atoms with Crippen molar-refractivity contribution in [1.82, 2.24) is 30.0 Å². The summed E-state index contributed by atoms with van der Waals surface area (Å²) in [6.07, 6.45) is 7.86. The average Bonchev–Trinajstić information content (AvgIpc) is 3.00. The maximum Gasteiger partial charge on any atom is 0.246 e. The van der Waals surface area contributed by atoms with E-state index in [9.17, 15) is 9.59 Å². The van der Waals surface area contributed by atoms with Crippen LogP contribution in [0.3, 0.4) is 0 Å². The summed E-state index contributed by atoms with van der Waals surface area (Å²) < 4.78 is 2.06. The van der Waals surface area contributed by atoms with Gasteiger partial charge in [0.05, 0.1) is 6.04 Å². The van der Waals surface area contributed by atoms with Gasteiger partial charge in [-0.25, -0.2) is 0 Å². The lowest BCUT2D eigenvalue weighted by molar-refractivity contribution is -0.126. The second-order valence-electron chi connectivity index (χ2n) is 7.46. The van der Waals surface area contributed by atoms with Crippen molar-refractivity contribution in [2.75, 3.05) is 13.1 Å². The van der Waals surface area contributed by atoms with Crippen molar-refractivity contribution in [3.05, 3.63) is 47.8 Å². The average molecular weight is 396 g/mol. The second-order valence-corrected chi connectivity index (χ2v) is 7.46. The summed E-state index contributed by atoms with van der Waals surface area (Å²) in [6.45, 7) is 7.71. The highest BCUT2D eigenvalue weighted by molar-refractivity contribution is 5.91. The number of hydrogen-bond donors (Lipinski definition) is 1. The zero-order valence-electron chi connectivity index (χ0n) is 17.2. The largest absolute Gasteiger partial charge is 0.346 e. The third-order valence-corrected chi connectivity index (χ3v) is 5.07. The Hall–Kier alpha value is -3.03. The quantitative estimate of drug-likeness (QED) is 0.754. The summed E-state index contributed by atoms with van der Waals surface area (Å²) in [5, 5.41) is 11.8. The zero-order chi connectivity index (χ0) is 20.8. The molecule has 1 atom stereocenters. The smallest absolute Gasteiger partial charge is 0.246 e. The summed E-state index contributed by atoms with van der Waals surface area (Å²) in [6, 6.07) is 3.52. The van der Waals surface area contributed by atoms with Crippen molar-refractivity contribution in [2.24, 2.45) is 5.92 Å². The number of amides is 2. The molecule has 0 saturated heterocycles. The highest BCUT2D eigenvalue weighted by Crippen LogP contribution is 2.22. The highest BCUT2D eigenvalue weighted by Gasteiger charge is 2.27. The van der Waals surface area contributed by atoms with Gasteiger partial charge in [-0.2, -0.15) is 0 Å². The van der Waals surface area contributed by atoms with Gasteiger partial charge < -0.3 is 14.8 Å². The van der Waals surface area contributed by atoms with E-state index in [0.29, 0.717) is 32.5 Å². The number of nitrogens with zero attached hydrogens (tertiary/aromatic N) is 5. The van der Waals surface area contributed by atoms with Gasteiger partial charge in [-0.1, -0.05) is 20.8 Å². The molecule has 0 saturated carbocycles. The summed E-state index contributed by atoms with van der Waals surface area (Å²) in [4.78, 5) is 30.4. The number of hydrogen-bond acceptors (Lipinski definition) is 5. The fourth-order valence-corrected chi connectivity index (χ4v) is 3.35. The number of rotatable bonds is 6. The fourth-order valence-electron chi connectivity index (χ4n) is 3.35. The Morgan fingerprint density at radius 1 is 1.17 bits per heavy atom. The molecule has 2 amide bonds. The highest BCUT2D eigenvalue weighted by atomic mass is 16.2. The molecule has 154 valence electrons. The maximum atomic E-state index is 12.6. The Bertz CT molecular complexity index is 875. The Morgan fingerprint density at radius 3 is 2.62 bits per heavy atom. The topological polar surface area (TPSA) is 93.0 Å². The molecule has 1 aliphatic rings. The predicted molar refractivity (Wildman–Crippen MR) is 110 cm³/mol. The molecule has 3 heterocycles. The van der Waals surface area contributed by atoms with Crippen LogP contribution in [0.1, 0.15) is 50.4 Å². The number of carbonyl (C=O) groups excluding carboxylic acids is 2. The lowest BCUT2D eigenvalue weighted by Gasteiger charge is -2.23. The molecule has 2 aromatic rings. The summed E-state index contributed by atoms with van der Waals surface area (Å²) in [5.41, 5.74) is 0.939. The maximum absolute atomic E-state index is 12.6. The Morgan fingerprint density at radius 2 is 1.93 bits per heavy atom. The Balaban J connectivity index is 1.71. The van der Waals surface area contributed by atoms with Crippen LogP contribution >= 0.6 is 0 Å². The van der Waals surface area contributed by atoms with E-state index in [2.05, 4.69) is 38.9 Å². The van der Waals surface area contributed by atoms with Gasteiger partial charge in [-0.3, -0.25) is 14.6 Å². The molecule has 1 aliphatic heterocycles. The predicted octanol–water partition coefficient (Wildman–Crippen LogP) is 1.99. The second kappa shape index (κ2) is 9.45.